The van der Waals surface area contributed by atoms with E-state index in [9.17, 15) is 0 Å². The summed E-state index contributed by atoms with van der Waals surface area (Å²) in [6, 6.07) is 13.3. The Kier molecular flexibility index (Phi) is 4.91. The highest BCUT2D eigenvalue weighted by molar-refractivity contribution is 7.98. The Balaban J connectivity index is 1.51. The SMILES string of the molecule is Cc1cccc(-n2nnnc2SCc2nnc(-c3ccc(Cl)cc3)o2)c1C. The third-order valence-electron chi connectivity index (χ3n) is 4.13. The van der Waals surface area contributed by atoms with Crippen molar-refractivity contribution in [3.63, 3.8) is 0 Å². The van der Waals surface area contributed by atoms with E-state index in [1.807, 2.05) is 24.3 Å². The van der Waals surface area contributed by atoms with Gasteiger partial charge in [0.05, 0.1) is 11.4 Å². The molecule has 0 aliphatic rings. The molecule has 0 saturated heterocycles. The van der Waals surface area contributed by atoms with Crippen LogP contribution in [-0.2, 0) is 5.75 Å². The Morgan fingerprint density at radius 3 is 2.67 bits per heavy atom. The average Bonchev–Trinajstić information content (AvgIpc) is 3.32. The van der Waals surface area contributed by atoms with Crippen molar-refractivity contribution >= 4 is 23.4 Å². The Morgan fingerprint density at radius 2 is 1.85 bits per heavy atom. The summed E-state index contributed by atoms with van der Waals surface area (Å²) >= 11 is 7.34. The number of rotatable bonds is 5. The third kappa shape index (κ3) is 3.72. The Bertz CT molecular complexity index is 1080. The van der Waals surface area contributed by atoms with Crippen LogP contribution in [0.1, 0.15) is 17.0 Å². The van der Waals surface area contributed by atoms with Crippen molar-refractivity contribution in [2.45, 2.75) is 24.8 Å². The minimum absolute atomic E-state index is 0.455. The highest BCUT2D eigenvalue weighted by Gasteiger charge is 2.15. The van der Waals surface area contributed by atoms with E-state index in [2.05, 4.69) is 45.6 Å². The zero-order chi connectivity index (χ0) is 18.8. The molecule has 4 rings (SSSR count). The molecule has 4 aromatic rings. The summed E-state index contributed by atoms with van der Waals surface area (Å²) in [6.07, 6.45) is 0. The lowest BCUT2D eigenvalue weighted by Crippen LogP contribution is -2.02. The summed E-state index contributed by atoms with van der Waals surface area (Å²) in [5.74, 6) is 1.42. The molecule has 0 aliphatic heterocycles. The Labute approximate surface area is 164 Å². The van der Waals surface area contributed by atoms with Gasteiger partial charge in [0.1, 0.15) is 0 Å². The van der Waals surface area contributed by atoms with Crippen LogP contribution in [0.4, 0.5) is 0 Å². The number of hydrogen-bond acceptors (Lipinski definition) is 7. The summed E-state index contributed by atoms with van der Waals surface area (Å²) in [5, 5.41) is 21.5. The first-order valence-corrected chi connectivity index (χ1v) is 9.54. The lowest BCUT2D eigenvalue weighted by Gasteiger charge is -2.08. The van der Waals surface area contributed by atoms with Crippen molar-refractivity contribution in [3.8, 4) is 17.1 Å². The van der Waals surface area contributed by atoms with Gasteiger partial charge in [-0.05, 0) is 65.7 Å². The lowest BCUT2D eigenvalue weighted by atomic mass is 10.1. The predicted octanol–water partition coefficient (Wildman–Crippen LogP) is 4.27. The molecule has 136 valence electrons. The second-order valence-electron chi connectivity index (χ2n) is 5.89. The predicted molar refractivity (Wildman–Crippen MR) is 103 cm³/mol. The van der Waals surface area contributed by atoms with Crippen LogP contribution in [0, 0.1) is 13.8 Å². The van der Waals surface area contributed by atoms with Gasteiger partial charge in [-0.3, -0.25) is 0 Å². The van der Waals surface area contributed by atoms with E-state index in [4.69, 9.17) is 16.0 Å². The molecule has 0 N–H and O–H groups in total. The monoisotopic (exact) mass is 398 g/mol. The molecule has 7 nitrogen and oxygen atoms in total. The molecule has 27 heavy (non-hydrogen) atoms. The molecule has 9 heteroatoms. The molecule has 2 heterocycles. The van der Waals surface area contributed by atoms with Gasteiger partial charge in [0.25, 0.3) is 0 Å². The number of halogens is 1. The summed E-state index contributed by atoms with van der Waals surface area (Å²) in [6.45, 7) is 4.12. The minimum atomic E-state index is 0.455. The van der Waals surface area contributed by atoms with Gasteiger partial charge in [-0.2, -0.15) is 4.68 Å². The molecule has 0 spiro atoms. The molecular formula is C18H15ClN6OS. The molecule has 0 unspecified atom stereocenters. The van der Waals surface area contributed by atoms with E-state index in [1.54, 1.807) is 16.8 Å². The summed E-state index contributed by atoms with van der Waals surface area (Å²) in [5.41, 5.74) is 4.09. The van der Waals surface area contributed by atoms with Gasteiger partial charge >= 0.3 is 0 Å². The fraction of sp³-hybridized carbons (Fsp3) is 0.167. The van der Waals surface area contributed by atoms with Crippen LogP contribution in [0.2, 0.25) is 5.02 Å². The number of benzene rings is 2. The first-order valence-electron chi connectivity index (χ1n) is 8.18. The van der Waals surface area contributed by atoms with Crippen LogP contribution in [0.3, 0.4) is 0 Å². The maximum absolute atomic E-state index is 5.91. The van der Waals surface area contributed by atoms with Crippen LogP contribution >= 0.6 is 23.4 Å². The van der Waals surface area contributed by atoms with Crippen molar-refractivity contribution in [1.29, 1.82) is 0 Å². The van der Waals surface area contributed by atoms with Crippen LogP contribution in [-0.4, -0.2) is 30.4 Å². The number of thioether (sulfide) groups is 1. The van der Waals surface area contributed by atoms with Gasteiger partial charge < -0.3 is 4.42 Å². The molecule has 2 aromatic carbocycles. The Morgan fingerprint density at radius 1 is 1.04 bits per heavy atom. The van der Waals surface area contributed by atoms with Gasteiger partial charge in [0, 0.05) is 10.6 Å². The maximum Gasteiger partial charge on any atom is 0.247 e. The van der Waals surface area contributed by atoms with Gasteiger partial charge in [-0.25, -0.2) is 0 Å². The van der Waals surface area contributed by atoms with E-state index in [0.717, 1.165) is 16.8 Å². The second kappa shape index (κ2) is 7.50. The average molecular weight is 399 g/mol. The van der Waals surface area contributed by atoms with Gasteiger partial charge in [0.2, 0.25) is 16.9 Å². The number of hydrogen-bond donors (Lipinski definition) is 0. The van der Waals surface area contributed by atoms with E-state index in [-0.39, 0.29) is 0 Å². The molecule has 0 amide bonds. The molecule has 0 atom stereocenters. The lowest BCUT2D eigenvalue weighted by molar-refractivity contribution is 0.528. The normalized spacial score (nSPS) is 11.1. The summed E-state index contributed by atoms with van der Waals surface area (Å²) in [4.78, 5) is 0. The number of aromatic nitrogens is 6. The van der Waals surface area contributed by atoms with Crippen molar-refractivity contribution in [2.75, 3.05) is 0 Å². The van der Waals surface area contributed by atoms with Gasteiger partial charge in [-0.15, -0.1) is 15.3 Å². The topological polar surface area (TPSA) is 82.5 Å². The quantitative estimate of drug-likeness (QED) is 0.464. The van der Waals surface area contributed by atoms with Crippen LogP contribution in [0.25, 0.3) is 17.1 Å². The van der Waals surface area contributed by atoms with E-state index in [0.29, 0.717) is 27.7 Å². The standard InChI is InChI=1S/C18H15ClN6OS/c1-11-4-3-5-15(12(11)2)25-18(22-23-24-25)27-10-16-20-21-17(26-16)13-6-8-14(19)9-7-13/h3-9H,10H2,1-2H3. The van der Waals surface area contributed by atoms with Crippen molar-refractivity contribution in [1.82, 2.24) is 30.4 Å². The van der Waals surface area contributed by atoms with E-state index < -0.39 is 0 Å². The molecule has 0 radical (unpaired) electrons. The largest absolute Gasteiger partial charge is 0.420 e. The second-order valence-corrected chi connectivity index (χ2v) is 7.27. The van der Waals surface area contributed by atoms with Crippen molar-refractivity contribution in [2.24, 2.45) is 0 Å². The number of tetrazole rings is 1. The van der Waals surface area contributed by atoms with E-state index >= 15 is 0 Å². The zero-order valence-corrected chi connectivity index (χ0v) is 16.2. The molecule has 0 fully saturated rings. The molecular weight excluding hydrogens is 384 g/mol. The highest BCUT2D eigenvalue weighted by Crippen LogP contribution is 2.26. The van der Waals surface area contributed by atoms with Crippen LogP contribution < -0.4 is 0 Å². The maximum atomic E-state index is 5.91. The number of aryl methyl sites for hydroxylation is 1. The van der Waals surface area contributed by atoms with Crippen molar-refractivity contribution in [3.05, 3.63) is 64.5 Å². The third-order valence-corrected chi connectivity index (χ3v) is 5.28. The van der Waals surface area contributed by atoms with E-state index in [1.165, 1.54) is 17.3 Å². The van der Waals surface area contributed by atoms with Gasteiger partial charge in [0.15, 0.2) is 0 Å². The smallest absolute Gasteiger partial charge is 0.247 e. The first kappa shape index (κ1) is 17.7. The van der Waals surface area contributed by atoms with Crippen molar-refractivity contribution < 1.29 is 4.42 Å². The number of nitrogens with zero attached hydrogens (tertiary/aromatic N) is 6. The molecule has 0 aliphatic carbocycles. The minimum Gasteiger partial charge on any atom is -0.420 e. The first-order chi connectivity index (χ1) is 13.1. The summed E-state index contributed by atoms with van der Waals surface area (Å²) in [7, 11) is 0. The van der Waals surface area contributed by atoms with Gasteiger partial charge in [-0.1, -0.05) is 35.5 Å². The van der Waals surface area contributed by atoms with Crippen LogP contribution in [0.5, 0.6) is 0 Å². The van der Waals surface area contributed by atoms with Crippen LogP contribution in [0.15, 0.2) is 52.0 Å². The molecule has 0 saturated carbocycles. The molecule has 0 bridgehead atoms. The Hall–Kier alpha value is -2.71. The highest BCUT2D eigenvalue weighted by atomic mass is 35.5. The molecule has 2 aromatic heterocycles. The fourth-order valence-electron chi connectivity index (χ4n) is 2.53. The summed E-state index contributed by atoms with van der Waals surface area (Å²) < 4.78 is 7.46. The zero-order valence-electron chi connectivity index (χ0n) is 14.6. The fourth-order valence-corrected chi connectivity index (χ4v) is 3.38.